The Morgan fingerprint density at radius 2 is 1.71 bits per heavy atom. The zero-order valence-electron chi connectivity index (χ0n) is 13.5. The van der Waals surface area contributed by atoms with Crippen LogP contribution in [0, 0.1) is 17.8 Å². The van der Waals surface area contributed by atoms with Gasteiger partial charge in [-0.2, -0.15) is 11.8 Å². The molecule has 0 spiro atoms. The summed E-state index contributed by atoms with van der Waals surface area (Å²) >= 11 is 1.93. The van der Waals surface area contributed by atoms with Gasteiger partial charge in [0.1, 0.15) is 5.60 Å². The maximum absolute atomic E-state index is 12.6. The van der Waals surface area contributed by atoms with Crippen molar-refractivity contribution in [2.45, 2.75) is 58.0 Å². The van der Waals surface area contributed by atoms with E-state index in [4.69, 9.17) is 4.74 Å². The molecule has 0 bridgehead atoms. The zero-order chi connectivity index (χ0) is 14.9. The number of carbonyl (C=O) groups is 1. The van der Waals surface area contributed by atoms with Gasteiger partial charge in [0.05, 0.1) is 0 Å². The standard InChI is InChI=1S/C17H29NO2S/c1-13(2)17(11-14-5-3-4-6-15(14)12-17)20-16(19)18-7-9-21-10-8-18/h13-15H,3-12H2,1-2H3. The lowest BCUT2D eigenvalue weighted by molar-refractivity contribution is -0.0391. The summed E-state index contributed by atoms with van der Waals surface area (Å²) in [5.41, 5.74) is -0.193. The van der Waals surface area contributed by atoms with Gasteiger partial charge in [0.15, 0.2) is 0 Å². The summed E-state index contributed by atoms with van der Waals surface area (Å²) in [6, 6.07) is 0. The molecular weight excluding hydrogens is 282 g/mol. The first-order valence-corrected chi connectivity index (χ1v) is 9.82. The second-order valence-electron chi connectivity index (χ2n) is 7.40. The molecule has 2 atom stereocenters. The molecule has 2 unspecified atom stereocenters. The van der Waals surface area contributed by atoms with Gasteiger partial charge in [-0.25, -0.2) is 4.79 Å². The van der Waals surface area contributed by atoms with Gasteiger partial charge in [-0.1, -0.05) is 39.5 Å². The first kappa shape index (κ1) is 15.5. The number of nitrogens with zero attached hydrogens (tertiary/aromatic N) is 1. The van der Waals surface area contributed by atoms with E-state index in [1.165, 1.54) is 25.7 Å². The van der Waals surface area contributed by atoms with Crippen LogP contribution in [0.1, 0.15) is 52.4 Å². The number of carbonyl (C=O) groups excluding carboxylic acids is 1. The summed E-state index contributed by atoms with van der Waals surface area (Å²) in [5, 5.41) is 0. The van der Waals surface area contributed by atoms with Crippen molar-refractivity contribution in [2.24, 2.45) is 17.8 Å². The molecule has 1 saturated heterocycles. The van der Waals surface area contributed by atoms with Gasteiger partial charge < -0.3 is 9.64 Å². The average molecular weight is 311 g/mol. The molecule has 1 amide bonds. The Morgan fingerprint density at radius 3 is 2.24 bits per heavy atom. The average Bonchev–Trinajstić information content (AvgIpc) is 2.87. The predicted molar refractivity (Wildman–Crippen MR) is 87.6 cm³/mol. The van der Waals surface area contributed by atoms with Crippen molar-refractivity contribution >= 4 is 17.9 Å². The SMILES string of the molecule is CC(C)C1(OC(=O)N2CCSCC2)CC2CCCCC2C1. The molecule has 0 aromatic rings. The van der Waals surface area contributed by atoms with Crippen molar-refractivity contribution in [1.82, 2.24) is 4.90 Å². The first-order valence-electron chi connectivity index (χ1n) is 8.66. The van der Waals surface area contributed by atoms with Crippen LogP contribution in [-0.4, -0.2) is 41.2 Å². The van der Waals surface area contributed by atoms with Crippen LogP contribution in [0.3, 0.4) is 0 Å². The van der Waals surface area contributed by atoms with Gasteiger partial charge in [0.2, 0.25) is 0 Å². The van der Waals surface area contributed by atoms with Crippen LogP contribution in [0.5, 0.6) is 0 Å². The van der Waals surface area contributed by atoms with Gasteiger partial charge >= 0.3 is 6.09 Å². The number of amides is 1. The van der Waals surface area contributed by atoms with Crippen molar-refractivity contribution in [3.63, 3.8) is 0 Å². The molecule has 21 heavy (non-hydrogen) atoms. The molecule has 2 saturated carbocycles. The summed E-state index contributed by atoms with van der Waals surface area (Å²) in [5.74, 6) is 4.12. The zero-order valence-corrected chi connectivity index (χ0v) is 14.3. The molecule has 0 aromatic carbocycles. The normalized spacial score (nSPS) is 36.6. The Balaban J connectivity index is 1.68. The van der Waals surface area contributed by atoms with E-state index in [1.54, 1.807) is 0 Å². The van der Waals surface area contributed by atoms with Crippen molar-refractivity contribution in [3.05, 3.63) is 0 Å². The number of rotatable bonds is 2. The monoisotopic (exact) mass is 311 g/mol. The molecule has 1 heterocycles. The minimum Gasteiger partial charge on any atom is -0.443 e. The number of hydrogen-bond acceptors (Lipinski definition) is 3. The van der Waals surface area contributed by atoms with Crippen LogP contribution < -0.4 is 0 Å². The molecule has 0 radical (unpaired) electrons. The fourth-order valence-corrected chi connectivity index (χ4v) is 5.35. The van der Waals surface area contributed by atoms with Crippen LogP contribution >= 0.6 is 11.8 Å². The van der Waals surface area contributed by atoms with E-state index >= 15 is 0 Å². The Labute approximate surface area is 133 Å². The van der Waals surface area contributed by atoms with Gasteiger partial charge in [-0.3, -0.25) is 0 Å². The molecule has 3 fully saturated rings. The molecule has 4 heteroatoms. The second kappa shape index (κ2) is 6.39. The van der Waals surface area contributed by atoms with Crippen LogP contribution in [-0.2, 0) is 4.74 Å². The quantitative estimate of drug-likeness (QED) is 0.766. The smallest absolute Gasteiger partial charge is 0.410 e. The van der Waals surface area contributed by atoms with Crippen molar-refractivity contribution in [1.29, 1.82) is 0 Å². The fourth-order valence-electron chi connectivity index (χ4n) is 4.45. The molecule has 3 rings (SSSR count). The Bertz CT molecular complexity index is 365. The summed E-state index contributed by atoms with van der Waals surface area (Å²) in [4.78, 5) is 14.5. The van der Waals surface area contributed by atoms with Crippen molar-refractivity contribution in [2.75, 3.05) is 24.6 Å². The van der Waals surface area contributed by atoms with E-state index in [0.717, 1.165) is 49.3 Å². The van der Waals surface area contributed by atoms with Gasteiger partial charge in [0, 0.05) is 24.6 Å². The highest BCUT2D eigenvalue weighted by Crippen LogP contribution is 2.51. The van der Waals surface area contributed by atoms with Crippen molar-refractivity contribution in [3.8, 4) is 0 Å². The van der Waals surface area contributed by atoms with E-state index in [-0.39, 0.29) is 11.7 Å². The maximum atomic E-state index is 12.6. The molecule has 120 valence electrons. The van der Waals surface area contributed by atoms with E-state index in [1.807, 2.05) is 16.7 Å². The highest BCUT2D eigenvalue weighted by molar-refractivity contribution is 7.99. The van der Waals surface area contributed by atoms with Crippen LogP contribution in [0.4, 0.5) is 4.79 Å². The third kappa shape index (κ3) is 3.20. The molecule has 0 aromatic heterocycles. The first-order chi connectivity index (χ1) is 10.1. The minimum absolute atomic E-state index is 0.0531. The minimum atomic E-state index is -0.193. The molecule has 1 aliphatic heterocycles. The van der Waals surface area contributed by atoms with Crippen molar-refractivity contribution < 1.29 is 9.53 Å². The third-order valence-electron chi connectivity index (χ3n) is 5.89. The lowest BCUT2D eigenvalue weighted by Gasteiger charge is -2.37. The van der Waals surface area contributed by atoms with Crippen LogP contribution in [0.25, 0.3) is 0 Å². The number of ether oxygens (including phenoxy) is 1. The Hall–Kier alpha value is -0.380. The molecule has 0 N–H and O–H groups in total. The Morgan fingerprint density at radius 1 is 1.14 bits per heavy atom. The van der Waals surface area contributed by atoms with E-state index in [2.05, 4.69) is 13.8 Å². The third-order valence-corrected chi connectivity index (χ3v) is 6.84. The van der Waals surface area contributed by atoms with E-state index in [9.17, 15) is 4.79 Å². The van der Waals surface area contributed by atoms with Crippen LogP contribution in [0.15, 0.2) is 0 Å². The van der Waals surface area contributed by atoms with E-state index < -0.39 is 0 Å². The Kier molecular flexibility index (Phi) is 4.72. The highest BCUT2D eigenvalue weighted by atomic mass is 32.2. The lowest BCUT2D eigenvalue weighted by Crippen LogP contribution is -2.45. The van der Waals surface area contributed by atoms with Gasteiger partial charge in [0.25, 0.3) is 0 Å². The summed E-state index contributed by atoms with van der Waals surface area (Å²) in [7, 11) is 0. The topological polar surface area (TPSA) is 29.5 Å². The molecular formula is C17H29NO2S. The van der Waals surface area contributed by atoms with Gasteiger partial charge in [-0.05, 0) is 30.6 Å². The number of thioether (sulfide) groups is 1. The lowest BCUT2D eigenvalue weighted by atomic mass is 9.82. The molecule has 2 aliphatic carbocycles. The maximum Gasteiger partial charge on any atom is 0.410 e. The second-order valence-corrected chi connectivity index (χ2v) is 8.62. The summed E-state index contributed by atoms with van der Waals surface area (Å²) in [6.45, 7) is 6.17. The number of fused-ring (bicyclic) bond motifs is 1. The highest BCUT2D eigenvalue weighted by Gasteiger charge is 2.50. The molecule has 3 nitrogen and oxygen atoms in total. The van der Waals surface area contributed by atoms with Crippen LogP contribution in [0.2, 0.25) is 0 Å². The predicted octanol–water partition coefficient (Wildman–Crippen LogP) is 4.17. The summed E-state index contributed by atoms with van der Waals surface area (Å²) < 4.78 is 6.17. The summed E-state index contributed by atoms with van der Waals surface area (Å²) in [6.07, 6.45) is 7.57. The van der Waals surface area contributed by atoms with Gasteiger partial charge in [-0.15, -0.1) is 0 Å². The largest absolute Gasteiger partial charge is 0.443 e. The van der Waals surface area contributed by atoms with E-state index in [0.29, 0.717) is 5.92 Å². The number of hydrogen-bond donors (Lipinski definition) is 0. The molecule has 3 aliphatic rings. The fraction of sp³-hybridized carbons (Fsp3) is 0.941.